The topological polar surface area (TPSA) is 171 Å². The standard InChI is InChI=1S/C22H39N3O8S/c1-13(2)11-16(25-21(29)33-15-5-8-22(3,4)9-6-15)19(27)24-17(20(28)34(30,31)32)12-14-7-10-23-18(14)26/h13-17,20,28H,5-12H2,1-4H3,(H,23,26)(H,24,27)(H,25,29)(H,30,31,32). The van der Waals surface area contributed by atoms with Gasteiger partial charge in [-0.25, -0.2) is 4.79 Å². The van der Waals surface area contributed by atoms with Gasteiger partial charge in [0, 0.05) is 12.5 Å². The number of alkyl carbamates (subject to hydrolysis) is 1. The lowest BCUT2D eigenvalue weighted by Crippen LogP contribution is -2.55. The minimum atomic E-state index is -4.91. The van der Waals surface area contributed by atoms with Gasteiger partial charge in [0.2, 0.25) is 17.3 Å². The first-order chi connectivity index (χ1) is 15.7. The average molecular weight is 506 g/mol. The fourth-order valence-electron chi connectivity index (χ4n) is 4.44. The molecule has 196 valence electrons. The van der Waals surface area contributed by atoms with Crippen LogP contribution in [0.4, 0.5) is 4.79 Å². The van der Waals surface area contributed by atoms with Crippen molar-refractivity contribution in [2.24, 2.45) is 17.3 Å². The summed E-state index contributed by atoms with van der Waals surface area (Å²) in [5.41, 5.74) is -2.11. The molecule has 4 atom stereocenters. The average Bonchev–Trinajstić information content (AvgIpc) is 3.11. The molecule has 0 bridgehead atoms. The molecule has 0 aromatic heterocycles. The van der Waals surface area contributed by atoms with Gasteiger partial charge < -0.3 is 25.8 Å². The van der Waals surface area contributed by atoms with Crippen LogP contribution < -0.4 is 16.0 Å². The third-order valence-electron chi connectivity index (χ3n) is 6.55. The molecule has 1 heterocycles. The van der Waals surface area contributed by atoms with E-state index in [1.807, 2.05) is 13.8 Å². The lowest BCUT2D eigenvalue weighted by molar-refractivity contribution is -0.126. The molecule has 5 N–H and O–H groups in total. The van der Waals surface area contributed by atoms with Crippen molar-refractivity contribution in [3.8, 4) is 0 Å². The summed E-state index contributed by atoms with van der Waals surface area (Å²) in [6, 6.07) is -2.49. The molecule has 11 nitrogen and oxygen atoms in total. The van der Waals surface area contributed by atoms with Gasteiger partial charge in [-0.1, -0.05) is 27.7 Å². The summed E-state index contributed by atoms with van der Waals surface area (Å²) in [5, 5.41) is 17.7. The number of ether oxygens (including phenoxy) is 1. The molecule has 3 amide bonds. The Hall–Kier alpha value is -1.92. The highest BCUT2D eigenvalue weighted by molar-refractivity contribution is 7.86. The number of aliphatic hydroxyl groups is 1. The first-order valence-electron chi connectivity index (χ1n) is 11.9. The highest BCUT2D eigenvalue weighted by Gasteiger charge is 2.38. The minimum absolute atomic E-state index is 0.00270. The van der Waals surface area contributed by atoms with E-state index >= 15 is 0 Å². The molecule has 0 spiro atoms. The summed E-state index contributed by atoms with van der Waals surface area (Å²) in [4.78, 5) is 37.5. The van der Waals surface area contributed by atoms with Crippen LogP contribution in [0.2, 0.25) is 0 Å². The highest BCUT2D eigenvalue weighted by Crippen LogP contribution is 2.36. The number of carbonyl (C=O) groups excluding carboxylic acids is 3. The van der Waals surface area contributed by atoms with Crippen molar-refractivity contribution < 1.29 is 37.2 Å². The number of rotatable bonds is 10. The van der Waals surface area contributed by atoms with Crippen molar-refractivity contribution in [2.75, 3.05) is 6.54 Å². The van der Waals surface area contributed by atoms with Crippen LogP contribution in [-0.4, -0.2) is 66.2 Å². The van der Waals surface area contributed by atoms with E-state index in [-0.39, 0.29) is 36.2 Å². The fourth-order valence-corrected chi connectivity index (χ4v) is 5.03. The molecule has 2 aliphatic rings. The summed E-state index contributed by atoms with van der Waals surface area (Å²) < 4.78 is 38.0. The number of nitrogens with one attached hydrogen (secondary N) is 3. The van der Waals surface area contributed by atoms with Gasteiger partial charge in [0.1, 0.15) is 12.1 Å². The molecule has 2 fully saturated rings. The molecule has 4 unspecified atom stereocenters. The van der Waals surface area contributed by atoms with E-state index < -0.39 is 45.6 Å². The predicted molar refractivity (Wildman–Crippen MR) is 124 cm³/mol. The number of hydrogen-bond donors (Lipinski definition) is 5. The molecule has 0 aromatic rings. The zero-order valence-corrected chi connectivity index (χ0v) is 21.2. The van der Waals surface area contributed by atoms with Crippen LogP contribution >= 0.6 is 0 Å². The normalized spacial score (nSPS) is 23.6. The molecule has 0 radical (unpaired) electrons. The van der Waals surface area contributed by atoms with E-state index in [0.29, 0.717) is 13.0 Å². The van der Waals surface area contributed by atoms with E-state index in [1.54, 1.807) is 0 Å². The van der Waals surface area contributed by atoms with Crippen LogP contribution in [0.25, 0.3) is 0 Å². The molecule has 1 aliphatic heterocycles. The Balaban J connectivity index is 2.06. The van der Waals surface area contributed by atoms with Crippen LogP contribution in [0, 0.1) is 17.3 Å². The summed E-state index contributed by atoms with van der Waals surface area (Å²) >= 11 is 0. The Morgan fingerprint density at radius 3 is 2.29 bits per heavy atom. The Morgan fingerprint density at radius 2 is 1.79 bits per heavy atom. The molecule has 2 rings (SSSR count). The molecular formula is C22H39N3O8S. The van der Waals surface area contributed by atoms with Gasteiger partial charge >= 0.3 is 6.09 Å². The smallest absolute Gasteiger partial charge is 0.408 e. The predicted octanol–water partition coefficient (Wildman–Crippen LogP) is 1.31. The Morgan fingerprint density at radius 1 is 1.18 bits per heavy atom. The summed E-state index contributed by atoms with van der Waals surface area (Å²) in [7, 11) is -4.91. The maximum Gasteiger partial charge on any atom is 0.408 e. The van der Waals surface area contributed by atoms with E-state index in [1.165, 1.54) is 0 Å². The molecular weight excluding hydrogens is 466 g/mol. The molecule has 1 aliphatic carbocycles. The van der Waals surface area contributed by atoms with E-state index in [9.17, 15) is 32.5 Å². The maximum atomic E-state index is 13.0. The van der Waals surface area contributed by atoms with Gasteiger partial charge in [0.15, 0.2) is 0 Å². The lowest BCUT2D eigenvalue weighted by atomic mass is 9.76. The maximum absolute atomic E-state index is 13.0. The third kappa shape index (κ3) is 8.70. The van der Waals surface area contributed by atoms with E-state index in [2.05, 4.69) is 29.8 Å². The first kappa shape index (κ1) is 28.3. The Kier molecular flexibility index (Phi) is 9.72. The number of carbonyl (C=O) groups is 3. The fraction of sp³-hybridized carbons (Fsp3) is 0.864. The number of hydrogen-bond acceptors (Lipinski definition) is 7. The second kappa shape index (κ2) is 11.7. The quantitative estimate of drug-likeness (QED) is 0.277. The largest absolute Gasteiger partial charge is 0.446 e. The van der Waals surface area contributed by atoms with Gasteiger partial charge in [-0.3, -0.25) is 14.1 Å². The summed E-state index contributed by atoms with van der Waals surface area (Å²) in [5.74, 6) is -1.68. The molecule has 1 saturated carbocycles. The van der Waals surface area contributed by atoms with Crippen LogP contribution in [0.5, 0.6) is 0 Å². The molecule has 12 heteroatoms. The van der Waals surface area contributed by atoms with Crippen LogP contribution in [0.3, 0.4) is 0 Å². The lowest BCUT2D eigenvalue weighted by Gasteiger charge is -2.34. The van der Waals surface area contributed by atoms with Gasteiger partial charge in [0.25, 0.3) is 10.1 Å². The van der Waals surface area contributed by atoms with Crippen molar-refractivity contribution in [3.63, 3.8) is 0 Å². The second-order valence-corrected chi connectivity index (χ2v) is 12.1. The van der Waals surface area contributed by atoms with Gasteiger partial charge in [-0.2, -0.15) is 8.42 Å². The molecule has 0 aromatic carbocycles. The monoisotopic (exact) mass is 505 g/mol. The van der Waals surface area contributed by atoms with Crippen LogP contribution in [-0.2, 0) is 24.4 Å². The van der Waals surface area contributed by atoms with Gasteiger partial charge in [-0.05, 0) is 56.3 Å². The van der Waals surface area contributed by atoms with Crippen molar-refractivity contribution in [1.29, 1.82) is 0 Å². The summed E-state index contributed by atoms with van der Waals surface area (Å²) in [6.45, 7) is 8.43. The minimum Gasteiger partial charge on any atom is -0.446 e. The van der Waals surface area contributed by atoms with Gasteiger partial charge in [0.05, 0.1) is 6.04 Å². The van der Waals surface area contributed by atoms with Crippen molar-refractivity contribution in [1.82, 2.24) is 16.0 Å². The third-order valence-corrected chi connectivity index (χ3v) is 7.49. The van der Waals surface area contributed by atoms with E-state index in [4.69, 9.17) is 4.74 Å². The molecule has 34 heavy (non-hydrogen) atoms. The number of amides is 3. The van der Waals surface area contributed by atoms with Crippen LogP contribution in [0.15, 0.2) is 0 Å². The zero-order valence-electron chi connectivity index (χ0n) is 20.4. The van der Waals surface area contributed by atoms with Crippen molar-refractivity contribution >= 4 is 28.0 Å². The number of aliphatic hydroxyl groups excluding tert-OH is 1. The van der Waals surface area contributed by atoms with Gasteiger partial charge in [-0.15, -0.1) is 0 Å². The van der Waals surface area contributed by atoms with Crippen LogP contribution in [0.1, 0.15) is 72.6 Å². The first-order valence-corrected chi connectivity index (χ1v) is 13.4. The van der Waals surface area contributed by atoms with E-state index in [0.717, 1.165) is 25.7 Å². The van der Waals surface area contributed by atoms with Crippen molar-refractivity contribution in [3.05, 3.63) is 0 Å². The Bertz CT molecular complexity index is 835. The highest BCUT2D eigenvalue weighted by atomic mass is 32.2. The molecule has 1 saturated heterocycles. The van der Waals surface area contributed by atoms with Crippen molar-refractivity contribution in [2.45, 2.75) is 96.3 Å². The second-order valence-electron chi connectivity index (χ2n) is 10.6. The SMILES string of the molecule is CC(C)CC(NC(=O)OC1CCC(C)(C)CC1)C(=O)NC(CC1CCNC1=O)C(O)S(=O)(=O)O. The summed E-state index contributed by atoms with van der Waals surface area (Å²) in [6.07, 6.45) is 2.77. The zero-order chi connectivity index (χ0) is 25.7. The Labute approximate surface area is 201 Å².